The van der Waals surface area contributed by atoms with Crippen LogP contribution in [0.2, 0.25) is 13.1 Å². The van der Waals surface area contributed by atoms with Crippen molar-refractivity contribution in [3.8, 4) is 0 Å². The van der Waals surface area contributed by atoms with Crippen LogP contribution in [0.4, 0.5) is 0 Å². The fourth-order valence-corrected chi connectivity index (χ4v) is 24.6. The number of halogens is 2. The Balaban J connectivity index is 0.00000180. The molecule has 0 radical (unpaired) electrons. The molecule has 0 nitrogen and oxygen atoms in total. The van der Waals surface area contributed by atoms with Crippen molar-refractivity contribution in [2.24, 2.45) is 0 Å². The van der Waals surface area contributed by atoms with Gasteiger partial charge in [0.1, 0.15) is 0 Å². The summed E-state index contributed by atoms with van der Waals surface area (Å²) in [5.41, 5.74) is 6.45. The summed E-state index contributed by atoms with van der Waals surface area (Å²) in [6, 6.07) is 0. The average Bonchev–Trinajstić information content (AvgIpc) is 2.71. The smallest absolute Gasteiger partial charge is 1.00 e. The van der Waals surface area contributed by atoms with Gasteiger partial charge in [-0.15, -0.1) is 0 Å². The summed E-state index contributed by atoms with van der Waals surface area (Å²) < 4.78 is 3.85. The molecule has 0 unspecified atom stereocenters. The molecule has 0 atom stereocenters. The molecule has 0 spiro atoms. The quantitative estimate of drug-likeness (QED) is 0.547. The summed E-state index contributed by atoms with van der Waals surface area (Å²) in [5, 5.41) is 0. The second kappa shape index (κ2) is 7.79. The second-order valence-corrected chi connectivity index (χ2v) is 25.5. The van der Waals surface area contributed by atoms with Crippen LogP contribution >= 0.6 is 0 Å². The number of hydrogen-bond donors (Lipinski definition) is 0. The van der Waals surface area contributed by atoms with Crippen molar-refractivity contribution in [2.45, 2.75) is 53.6 Å². The van der Waals surface area contributed by atoms with Gasteiger partial charge >= 0.3 is 121 Å². The molecular weight excluding hydrogens is 349 g/mol. The molecule has 111 valence electrons. The van der Waals surface area contributed by atoms with Crippen LogP contribution in [0.25, 0.3) is 0 Å². The minimum Gasteiger partial charge on any atom is -1.00 e. The van der Waals surface area contributed by atoms with Crippen LogP contribution in [-0.4, -0.2) is 5.92 Å². The zero-order valence-corrected chi connectivity index (χ0v) is 17.0. The van der Waals surface area contributed by atoms with E-state index in [4.69, 9.17) is 0 Å². The Bertz CT molecular complexity index is 457. The van der Waals surface area contributed by atoms with Gasteiger partial charge in [-0.05, 0) is 0 Å². The van der Waals surface area contributed by atoms with Gasteiger partial charge in [-0.3, -0.25) is 0 Å². The molecule has 0 aromatic rings. The van der Waals surface area contributed by atoms with Gasteiger partial charge < -0.3 is 9.41 Å². The van der Waals surface area contributed by atoms with Crippen molar-refractivity contribution < 1.29 is 30.3 Å². The molecule has 0 aromatic carbocycles. The van der Waals surface area contributed by atoms with Crippen molar-refractivity contribution >= 4 is 5.92 Å². The Kier molecular flexibility index (Phi) is 7.76. The number of allylic oxidation sites excluding steroid dienone is 8. The van der Waals surface area contributed by atoms with E-state index >= 15 is 0 Å². The zero-order valence-electron chi connectivity index (χ0n) is 13.4. The molecule has 20 heavy (non-hydrogen) atoms. The monoisotopic (exact) mass is 373 g/mol. The first kappa shape index (κ1) is 19.9. The predicted octanol–water partition coefficient (Wildman–Crippen LogP) is -1.16. The van der Waals surface area contributed by atoms with Crippen LogP contribution in [0.15, 0.2) is 41.0 Å². The van der Waals surface area contributed by atoms with Crippen molar-refractivity contribution in [3.05, 3.63) is 41.0 Å². The Morgan fingerprint density at radius 3 is 1.35 bits per heavy atom. The van der Waals surface area contributed by atoms with Gasteiger partial charge in [0.25, 0.3) is 0 Å². The van der Waals surface area contributed by atoms with Crippen LogP contribution in [0, 0.1) is 0 Å². The molecule has 0 heterocycles. The summed E-state index contributed by atoms with van der Waals surface area (Å²) in [7, 11) is 0. The maximum atomic E-state index is 2.59. The molecule has 0 saturated heterocycles. The minimum absolute atomic E-state index is 0. The molecular formula is C16H25F2SiZr. The van der Waals surface area contributed by atoms with Crippen LogP contribution < -0.4 is 9.41 Å². The molecule has 0 bridgehead atoms. The first-order valence-electron chi connectivity index (χ1n) is 7.01. The maximum Gasteiger partial charge on any atom is -1.00 e. The predicted molar refractivity (Wildman–Crippen MR) is 81.0 cm³/mol. The molecule has 4 heteroatoms. The zero-order chi connectivity index (χ0) is 13.4. The van der Waals surface area contributed by atoms with Crippen molar-refractivity contribution in [2.75, 3.05) is 0 Å². The van der Waals surface area contributed by atoms with E-state index in [1.165, 1.54) is 12.8 Å². The molecule has 0 saturated carbocycles. The van der Waals surface area contributed by atoms with E-state index in [9.17, 15) is 0 Å². The molecule has 0 aromatic heterocycles. The van der Waals surface area contributed by atoms with Crippen molar-refractivity contribution in [3.63, 3.8) is 0 Å². The van der Waals surface area contributed by atoms with E-state index < -0.39 is 26.8 Å². The van der Waals surface area contributed by atoms with Crippen LogP contribution in [0.5, 0.6) is 0 Å². The van der Waals surface area contributed by atoms with Crippen molar-refractivity contribution in [1.82, 2.24) is 0 Å². The van der Waals surface area contributed by atoms with E-state index in [1.807, 2.05) is 6.56 Å². The normalized spacial score (nSPS) is 17.9. The summed E-state index contributed by atoms with van der Waals surface area (Å²) in [4.78, 5) is 0. The number of rotatable bonds is 3. The van der Waals surface area contributed by atoms with Crippen molar-refractivity contribution in [1.29, 1.82) is 0 Å². The molecule has 2 aliphatic rings. The molecule has 2 rings (SSSR count). The van der Waals surface area contributed by atoms with E-state index in [1.54, 1.807) is 22.3 Å². The second-order valence-electron chi connectivity index (χ2n) is 6.23. The van der Waals surface area contributed by atoms with E-state index in [0.29, 0.717) is 0 Å². The van der Waals surface area contributed by atoms with E-state index in [2.05, 4.69) is 52.9 Å². The largest absolute Gasteiger partial charge is 1.00 e. The fourth-order valence-electron chi connectivity index (χ4n) is 3.35. The molecule has 0 fully saturated rings. The third-order valence-electron chi connectivity index (χ3n) is 4.02. The fraction of sp³-hybridized carbons (Fsp3) is 0.500. The summed E-state index contributed by atoms with van der Waals surface area (Å²) in [6.07, 6.45) is 7.50. The SMILES string of the molecule is CC1=CC(C)=[C]([Zr+2]([C]2=C(C)C=C(C)C2)[SiH](C)C)C1.[F-].[F-]. The standard InChI is InChI=1S/2C7H9.C2H7Si.2FH.Zr/c2*1-6-3-4-7(2)5-6;1-3-2;;;/h2*5H,3H2,1-2H3;3H,1-2H3;2*1H;/q;;;;;+2/p-2. The minimum atomic E-state index is -1.47. The Labute approximate surface area is 130 Å². The van der Waals surface area contributed by atoms with Gasteiger partial charge in [0.2, 0.25) is 0 Å². The van der Waals surface area contributed by atoms with Gasteiger partial charge in [0, 0.05) is 0 Å². The summed E-state index contributed by atoms with van der Waals surface area (Å²) in [6.45, 7) is 14.5. The van der Waals surface area contributed by atoms with E-state index in [-0.39, 0.29) is 9.41 Å². The van der Waals surface area contributed by atoms with Gasteiger partial charge in [-0.2, -0.15) is 0 Å². The first-order chi connectivity index (χ1) is 8.40. The Hall–Kier alpha value is -0.0800. The summed E-state index contributed by atoms with van der Waals surface area (Å²) in [5.74, 6) is -0.509. The molecule has 2 aliphatic carbocycles. The van der Waals surface area contributed by atoms with Gasteiger partial charge in [0.05, 0.1) is 0 Å². The van der Waals surface area contributed by atoms with Gasteiger partial charge in [0.15, 0.2) is 0 Å². The Morgan fingerprint density at radius 1 is 0.800 bits per heavy atom. The molecule has 0 aliphatic heterocycles. The van der Waals surface area contributed by atoms with Crippen LogP contribution in [0.3, 0.4) is 0 Å². The third-order valence-corrected chi connectivity index (χ3v) is 23.8. The van der Waals surface area contributed by atoms with Gasteiger partial charge in [-0.25, -0.2) is 0 Å². The maximum absolute atomic E-state index is 2.59. The van der Waals surface area contributed by atoms with Crippen LogP contribution in [0.1, 0.15) is 40.5 Å². The van der Waals surface area contributed by atoms with Gasteiger partial charge in [-0.1, -0.05) is 0 Å². The van der Waals surface area contributed by atoms with Crippen LogP contribution in [-0.2, 0) is 20.9 Å². The number of hydrogen-bond acceptors (Lipinski definition) is 0. The third kappa shape index (κ3) is 3.98. The average molecular weight is 375 g/mol. The summed E-state index contributed by atoms with van der Waals surface area (Å²) >= 11 is -1.47. The molecule has 0 amide bonds. The Morgan fingerprint density at radius 2 is 1.15 bits per heavy atom. The topological polar surface area (TPSA) is 0 Å². The first-order valence-corrected chi connectivity index (χ1v) is 16.6. The van der Waals surface area contributed by atoms with E-state index in [0.717, 1.165) is 0 Å². The molecule has 0 N–H and O–H groups in total.